The van der Waals surface area contributed by atoms with Gasteiger partial charge in [-0.2, -0.15) is 0 Å². The third-order valence-corrected chi connectivity index (χ3v) is 3.36. The summed E-state index contributed by atoms with van der Waals surface area (Å²) in [6.07, 6.45) is 1.88. The van der Waals surface area contributed by atoms with Gasteiger partial charge in [-0.25, -0.2) is 0 Å². The summed E-state index contributed by atoms with van der Waals surface area (Å²) >= 11 is 0. The van der Waals surface area contributed by atoms with E-state index in [4.69, 9.17) is 4.74 Å². The zero-order chi connectivity index (χ0) is 12.3. The van der Waals surface area contributed by atoms with Gasteiger partial charge in [0.2, 0.25) is 0 Å². The van der Waals surface area contributed by atoms with Crippen LogP contribution in [0.15, 0.2) is 24.3 Å². The van der Waals surface area contributed by atoms with E-state index in [1.165, 1.54) is 0 Å². The zero-order valence-electron chi connectivity index (χ0n) is 10.6. The van der Waals surface area contributed by atoms with Gasteiger partial charge in [0.25, 0.3) is 0 Å². The van der Waals surface area contributed by atoms with Gasteiger partial charge in [0, 0.05) is 6.54 Å². The Balaban J connectivity index is 2.15. The summed E-state index contributed by atoms with van der Waals surface area (Å²) in [5.41, 5.74) is 0.296. The molecule has 0 aliphatic carbocycles. The molecule has 1 aliphatic rings. The van der Waals surface area contributed by atoms with E-state index in [2.05, 4.69) is 11.9 Å². The minimum Gasteiger partial charge on any atom is -0.494 e. The van der Waals surface area contributed by atoms with E-state index in [0.29, 0.717) is 13.2 Å². The summed E-state index contributed by atoms with van der Waals surface area (Å²) in [5, 5.41) is 10.7. The Hall–Kier alpha value is -1.06. The van der Waals surface area contributed by atoms with E-state index in [0.717, 1.165) is 30.7 Å². The van der Waals surface area contributed by atoms with Crippen LogP contribution in [-0.4, -0.2) is 36.8 Å². The van der Waals surface area contributed by atoms with Crippen LogP contribution < -0.4 is 4.74 Å². The lowest BCUT2D eigenvalue weighted by Crippen LogP contribution is -2.44. The topological polar surface area (TPSA) is 32.7 Å². The molecule has 0 saturated carbocycles. The largest absolute Gasteiger partial charge is 0.494 e. The van der Waals surface area contributed by atoms with Crippen molar-refractivity contribution in [2.45, 2.75) is 25.4 Å². The Morgan fingerprint density at radius 1 is 1.35 bits per heavy atom. The van der Waals surface area contributed by atoms with Gasteiger partial charge in [0.15, 0.2) is 0 Å². The first-order chi connectivity index (χ1) is 8.14. The Morgan fingerprint density at radius 2 is 2.06 bits per heavy atom. The van der Waals surface area contributed by atoms with Crippen molar-refractivity contribution in [3.63, 3.8) is 0 Å². The van der Waals surface area contributed by atoms with Gasteiger partial charge in [-0.05, 0) is 51.1 Å². The molecule has 0 bridgehead atoms. The SMILES string of the molecule is CCOc1ccc(C2(O)CCCN(C)C2)cc1. The molecule has 2 rings (SSSR count). The monoisotopic (exact) mass is 235 g/mol. The molecule has 1 saturated heterocycles. The first-order valence-corrected chi connectivity index (χ1v) is 6.28. The first kappa shape index (κ1) is 12.4. The van der Waals surface area contributed by atoms with Crippen LogP contribution in [-0.2, 0) is 5.60 Å². The number of hydrogen-bond donors (Lipinski definition) is 1. The van der Waals surface area contributed by atoms with Gasteiger partial charge in [-0.1, -0.05) is 12.1 Å². The van der Waals surface area contributed by atoms with E-state index in [1.54, 1.807) is 0 Å². The molecule has 1 atom stereocenters. The average molecular weight is 235 g/mol. The second-order valence-electron chi connectivity index (χ2n) is 4.83. The third-order valence-electron chi connectivity index (χ3n) is 3.36. The molecular formula is C14H21NO2. The fourth-order valence-electron chi connectivity index (χ4n) is 2.51. The average Bonchev–Trinajstić information content (AvgIpc) is 2.30. The van der Waals surface area contributed by atoms with Crippen molar-refractivity contribution in [3.8, 4) is 5.75 Å². The summed E-state index contributed by atoms with van der Waals surface area (Å²) in [6.45, 7) is 4.42. The molecular weight excluding hydrogens is 214 g/mol. The maximum Gasteiger partial charge on any atom is 0.119 e. The summed E-state index contributed by atoms with van der Waals surface area (Å²) in [4.78, 5) is 2.18. The van der Waals surface area contributed by atoms with Crippen molar-refractivity contribution in [3.05, 3.63) is 29.8 Å². The van der Waals surface area contributed by atoms with E-state index < -0.39 is 5.60 Å². The molecule has 1 aliphatic heterocycles. The molecule has 3 heteroatoms. The molecule has 1 unspecified atom stereocenters. The molecule has 1 aromatic rings. The van der Waals surface area contributed by atoms with Gasteiger partial charge in [0.05, 0.1) is 6.61 Å². The minimum absolute atomic E-state index is 0.673. The third kappa shape index (κ3) is 2.79. The van der Waals surface area contributed by atoms with Crippen LogP contribution in [0, 0.1) is 0 Å². The van der Waals surface area contributed by atoms with Gasteiger partial charge < -0.3 is 14.7 Å². The van der Waals surface area contributed by atoms with Crippen LogP contribution in [0.2, 0.25) is 0 Å². The van der Waals surface area contributed by atoms with Gasteiger partial charge >= 0.3 is 0 Å². The number of hydrogen-bond acceptors (Lipinski definition) is 3. The second kappa shape index (κ2) is 5.07. The van der Waals surface area contributed by atoms with Crippen molar-refractivity contribution in [2.75, 3.05) is 26.7 Å². The minimum atomic E-state index is -0.697. The number of aliphatic hydroxyl groups is 1. The van der Waals surface area contributed by atoms with Crippen molar-refractivity contribution < 1.29 is 9.84 Å². The maximum absolute atomic E-state index is 10.7. The van der Waals surface area contributed by atoms with Crippen LogP contribution in [0.3, 0.4) is 0 Å². The van der Waals surface area contributed by atoms with Gasteiger partial charge in [-0.15, -0.1) is 0 Å². The van der Waals surface area contributed by atoms with Crippen LogP contribution in [0.25, 0.3) is 0 Å². The lowest BCUT2D eigenvalue weighted by molar-refractivity contribution is -0.0278. The molecule has 0 radical (unpaired) electrons. The zero-order valence-corrected chi connectivity index (χ0v) is 10.6. The Morgan fingerprint density at radius 3 is 2.65 bits per heavy atom. The number of nitrogens with zero attached hydrogens (tertiary/aromatic N) is 1. The number of β-amino-alcohol motifs (C(OH)–C–C–N with tert-alkyl or cyclic N) is 1. The van der Waals surface area contributed by atoms with Crippen molar-refractivity contribution in [2.24, 2.45) is 0 Å². The van der Waals surface area contributed by atoms with Crippen molar-refractivity contribution >= 4 is 0 Å². The highest BCUT2D eigenvalue weighted by Gasteiger charge is 2.33. The van der Waals surface area contributed by atoms with E-state index in [-0.39, 0.29) is 0 Å². The highest BCUT2D eigenvalue weighted by Crippen LogP contribution is 2.31. The standard InChI is InChI=1S/C14H21NO2/c1-3-17-13-7-5-12(6-8-13)14(16)9-4-10-15(2)11-14/h5-8,16H,3-4,9-11H2,1-2H3. The number of piperidine rings is 1. The Bertz CT molecular complexity index is 363. The normalized spacial score (nSPS) is 25.8. The van der Waals surface area contributed by atoms with Crippen LogP contribution in [0.4, 0.5) is 0 Å². The maximum atomic E-state index is 10.7. The quantitative estimate of drug-likeness (QED) is 0.869. The molecule has 1 heterocycles. The first-order valence-electron chi connectivity index (χ1n) is 6.28. The molecule has 1 aromatic carbocycles. The van der Waals surface area contributed by atoms with Crippen molar-refractivity contribution in [1.29, 1.82) is 0 Å². The molecule has 0 amide bonds. The number of likely N-dealkylation sites (N-methyl/N-ethyl adjacent to an activating group) is 1. The van der Waals surface area contributed by atoms with Gasteiger partial charge in [0.1, 0.15) is 11.4 Å². The van der Waals surface area contributed by atoms with Crippen LogP contribution >= 0.6 is 0 Å². The summed E-state index contributed by atoms with van der Waals surface area (Å²) in [6, 6.07) is 7.82. The smallest absolute Gasteiger partial charge is 0.119 e. The van der Waals surface area contributed by atoms with Crippen LogP contribution in [0.5, 0.6) is 5.75 Å². The van der Waals surface area contributed by atoms with Crippen LogP contribution in [0.1, 0.15) is 25.3 Å². The Labute approximate surface area is 103 Å². The molecule has 3 nitrogen and oxygen atoms in total. The summed E-state index contributed by atoms with van der Waals surface area (Å²) < 4.78 is 5.41. The number of rotatable bonds is 3. The number of benzene rings is 1. The highest BCUT2D eigenvalue weighted by atomic mass is 16.5. The Kier molecular flexibility index (Phi) is 3.69. The highest BCUT2D eigenvalue weighted by molar-refractivity contribution is 5.31. The van der Waals surface area contributed by atoms with Gasteiger partial charge in [-0.3, -0.25) is 0 Å². The molecule has 1 fully saturated rings. The second-order valence-corrected chi connectivity index (χ2v) is 4.83. The number of ether oxygens (including phenoxy) is 1. The molecule has 94 valence electrons. The molecule has 17 heavy (non-hydrogen) atoms. The van der Waals surface area contributed by atoms with Crippen molar-refractivity contribution in [1.82, 2.24) is 4.90 Å². The lowest BCUT2D eigenvalue weighted by Gasteiger charge is -2.37. The van der Waals surface area contributed by atoms with E-state index in [9.17, 15) is 5.11 Å². The summed E-state index contributed by atoms with van der Waals surface area (Å²) in [7, 11) is 2.05. The fourth-order valence-corrected chi connectivity index (χ4v) is 2.51. The predicted octanol–water partition coefficient (Wildman–Crippen LogP) is 2.00. The molecule has 0 aromatic heterocycles. The van der Waals surface area contributed by atoms with E-state index in [1.807, 2.05) is 31.2 Å². The lowest BCUT2D eigenvalue weighted by atomic mass is 9.86. The predicted molar refractivity (Wildman–Crippen MR) is 68.2 cm³/mol. The van der Waals surface area contributed by atoms with E-state index >= 15 is 0 Å². The molecule has 1 N–H and O–H groups in total. The summed E-state index contributed by atoms with van der Waals surface area (Å²) in [5.74, 6) is 0.865. The number of likely N-dealkylation sites (tertiary alicyclic amines) is 1. The fraction of sp³-hybridized carbons (Fsp3) is 0.571. The molecule has 0 spiro atoms.